The third kappa shape index (κ3) is 3.32. The predicted molar refractivity (Wildman–Crippen MR) is 122 cm³/mol. The van der Waals surface area contributed by atoms with Gasteiger partial charge in [-0.3, -0.25) is 9.59 Å². The number of aryl methyl sites for hydroxylation is 1. The van der Waals surface area contributed by atoms with E-state index in [4.69, 9.17) is 0 Å². The van der Waals surface area contributed by atoms with Gasteiger partial charge < -0.3 is 14.8 Å². The number of carbonyl (C=O) groups excluding carboxylic acids is 2. The molecule has 1 atom stereocenters. The fourth-order valence-corrected chi connectivity index (χ4v) is 5.41. The van der Waals surface area contributed by atoms with Crippen LogP contribution in [0.25, 0.3) is 10.9 Å². The molecule has 31 heavy (non-hydrogen) atoms. The highest BCUT2D eigenvalue weighted by molar-refractivity contribution is 6.02. The second-order valence-electron chi connectivity index (χ2n) is 8.90. The summed E-state index contributed by atoms with van der Waals surface area (Å²) in [5.74, 6) is -0.123. The zero-order valence-electron chi connectivity index (χ0n) is 18.2. The Balaban J connectivity index is 1.54. The number of amides is 2. The maximum absolute atomic E-state index is 13.4. The Morgan fingerprint density at radius 2 is 1.74 bits per heavy atom. The smallest absolute Gasteiger partial charge is 0.255 e. The molecule has 2 aliphatic rings. The molecule has 5 rings (SSSR count). The van der Waals surface area contributed by atoms with Crippen LogP contribution in [0.1, 0.15) is 65.3 Å². The van der Waals surface area contributed by atoms with Gasteiger partial charge in [-0.15, -0.1) is 0 Å². The lowest BCUT2D eigenvalue weighted by Gasteiger charge is -2.28. The van der Waals surface area contributed by atoms with E-state index in [9.17, 15) is 9.59 Å². The average Bonchev–Trinajstić information content (AvgIpc) is 3.20. The summed E-state index contributed by atoms with van der Waals surface area (Å²) in [7, 11) is 2.06. The molecule has 0 bridgehead atoms. The van der Waals surface area contributed by atoms with Gasteiger partial charge in [-0.1, -0.05) is 55.7 Å². The van der Waals surface area contributed by atoms with Crippen LogP contribution < -0.4 is 5.32 Å². The average molecular weight is 416 g/mol. The lowest BCUT2D eigenvalue weighted by Crippen LogP contribution is -2.44. The normalized spacial score (nSPS) is 19.1. The molecule has 1 N–H and O–H groups in total. The highest BCUT2D eigenvalue weighted by atomic mass is 16.2. The van der Waals surface area contributed by atoms with E-state index >= 15 is 0 Å². The summed E-state index contributed by atoms with van der Waals surface area (Å²) in [6, 6.07) is 16.1. The number of nitrogens with zero attached hydrogens (tertiary/aromatic N) is 2. The molecule has 1 saturated carbocycles. The van der Waals surface area contributed by atoms with Gasteiger partial charge >= 0.3 is 0 Å². The fraction of sp³-hybridized carbons (Fsp3) is 0.385. The maximum atomic E-state index is 13.4. The van der Waals surface area contributed by atoms with Crippen molar-refractivity contribution in [1.82, 2.24) is 14.8 Å². The first-order valence-electron chi connectivity index (χ1n) is 11.3. The number of fused-ring (bicyclic) bond motifs is 2. The van der Waals surface area contributed by atoms with Crippen molar-refractivity contribution in [2.45, 2.75) is 51.1 Å². The molecule has 0 saturated heterocycles. The second kappa shape index (κ2) is 7.88. The van der Waals surface area contributed by atoms with Gasteiger partial charge in [-0.25, -0.2) is 0 Å². The zero-order valence-corrected chi connectivity index (χ0v) is 18.2. The first-order valence-corrected chi connectivity index (χ1v) is 11.3. The van der Waals surface area contributed by atoms with Crippen LogP contribution in [0.4, 0.5) is 0 Å². The number of aromatic nitrogens is 1. The van der Waals surface area contributed by atoms with Crippen molar-refractivity contribution in [3.63, 3.8) is 0 Å². The monoisotopic (exact) mass is 415 g/mol. The summed E-state index contributed by atoms with van der Waals surface area (Å²) in [5.41, 5.74) is 5.05. The number of benzene rings is 2. The summed E-state index contributed by atoms with van der Waals surface area (Å²) in [4.78, 5) is 28.1. The van der Waals surface area contributed by atoms with Crippen molar-refractivity contribution in [1.29, 1.82) is 0 Å². The Morgan fingerprint density at radius 1 is 1.03 bits per heavy atom. The number of carbonyl (C=O) groups is 2. The predicted octanol–water partition coefficient (Wildman–Crippen LogP) is 4.48. The summed E-state index contributed by atoms with van der Waals surface area (Å²) < 4.78 is 2.18. The molecule has 5 nitrogen and oxygen atoms in total. The molecule has 0 spiro atoms. The van der Waals surface area contributed by atoms with Gasteiger partial charge in [-0.2, -0.15) is 0 Å². The second-order valence-corrected chi connectivity index (χ2v) is 8.90. The topological polar surface area (TPSA) is 54.3 Å². The Labute approximate surface area is 183 Å². The van der Waals surface area contributed by atoms with Gasteiger partial charge in [0, 0.05) is 40.8 Å². The molecule has 1 fully saturated rings. The number of para-hydroxylation sites is 1. The number of rotatable bonds is 4. The maximum Gasteiger partial charge on any atom is 0.255 e. The highest BCUT2D eigenvalue weighted by Crippen LogP contribution is 2.43. The van der Waals surface area contributed by atoms with Gasteiger partial charge in [0.15, 0.2) is 0 Å². The van der Waals surface area contributed by atoms with E-state index in [0.717, 1.165) is 53.4 Å². The van der Waals surface area contributed by atoms with Crippen molar-refractivity contribution >= 4 is 22.7 Å². The number of hydrogen-bond acceptors (Lipinski definition) is 2. The van der Waals surface area contributed by atoms with E-state index in [1.165, 1.54) is 6.42 Å². The largest absolute Gasteiger partial charge is 0.352 e. The highest BCUT2D eigenvalue weighted by Gasteiger charge is 2.40. The molecule has 2 aromatic carbocycles. The molecule has 2 amide bonds. The van der Waals surface area contributed by atoms with E-state index in [0.29, 0.717) is 5.56 Å². The molecule has 0 radical (unpaired) electrons. The molecule has 160 valence electrons. The van der Waals surface area contributed by atoms with Gasteiger partial charge in [0.25, 0.3) is 5.91 Å². The van der Waals surface area contributed by atoms with E-state index < -0.39 is 0 Å². The van der Waals surface area contributed by atoms with Gasteiger partial charge in [0.05, 0.1) is 6.04 Å². The Bertz CT molecular complexity index is 1160. The van der Waals surface area contributed by atoms with Crippen molar-refractivity contribution in [2.24, 2.45) is 7.05 Å². The van der Waals surface area contributed by atoms with E-state index in [1.54, 1.807) is 4.90 Å². The lowest BCUT2D eigenvalue weighted by molar-refractivity contribution is -0.122. The molecule has 1 aliphatic carbocycles. The molecular formula is C26H29N3O2. The van der Waals surface area contributed by atoms with Crippen LogP contribution in [0.2, 0.25) is 0 Å². The van der Waals surface area contributed by atoms with Crippen LogP contribution in [0.3, 0.4) is 0 Å². The van der Waals surface area contributed by atoms with Crippen LogP contribution in [0.5, 0.6) is 0 Å². The summed E-state index contributed by atoms with van der Waals surface area (Å²) in [5, 5.41) is 4.32. The van der Waals surface area contributed by atoms with Crippen LogP contribution in [-0.2, 0) is 11.8 Å². The zero-order chi connectivity index (χ0) is 21.5. The van der Waals surface area contributed by atoms with Gasteiger partial charge in [-0.05, 0) is 37.5 Å². The Morgan fingerprint density at radius 3 is 2.55 bits per heavy atom. The molecule has 1 unspecified atom stereocenters. The minimum atomic E-state index is -0.257. The minimum absolute atomic E-state index is 0.0593. The third-order valence-electron chi connectivity index (χ3n) is 7.06. The number of nitrogens with one attached hydrogen (secondary N) is 1. The Kier molecular flexibility index (Phi) is 5.05. The first-order chi connectivity index (χ1) is 15.1. The van der Waals surface area contributed by atoms with Gasteiger partial charge in [0.2, 0.25) is 5.91 Å². The Hall–Kier alpha value is -3.08. The van der Waals surface area contributed by atoms with Crippen molar-refractivity contribution in [2.75, 3.05) is 6.54 Å². The quantitative estimate of drug-likeness (QED) is 0.683. The molecule has 3 aromatic rings. The SMILES string of the molecule is Cc1c(C2c3ccccc3C(=O)N2CC(=O)NC2CCCCC2)c2ccccc2n1C. The molecule has 1 aromatic heterocycles. The van der Waals surface area contributed by atoms with Crippen LogP contribution >= 0.6 is 0 Å². The van der Waals surface area contributed by atoms with Crippen LogP contribution in [-0.4, -0.2) is 33.9 Å². The van der Waals surface area contributed by atoms with Crippen LogP contribution in [0.15, 0.2) is 48.5 Å². The summed E-state index contributed by atoms with van der Waals surface area (Å²) in [6.07, 6.45) is 5.64. The van der Waals surface area contributed by atoms with Crippen LogP contribution in [0, 0.1) is 6.92 Å². The van der Waals surface area contributed by atoms with Crippen molar-refractivity contribution in [3.8, 4) is 0 Å². The van der Waals surface area contributed by atoms with E-state index in [-0.39, 0.29) is 30.4 Å². The summed E-state index contributed by atoms with van der Waals surface area (Å²) >= 11 is 0. The van der Waals surface area contributed by atoms with Crippen molar-refractivity contribution < 1.29 is 9.59 Å². The molecule has 5 heteroatoms. The molecule has 2 heterocycles. The van der Waals surface area contributed by atoms with E-state index in [2.05, 4.69) is 36.0 Å². The molecular weight excluding hydrogens is 386 g/mol. The fourth-order valence-electron chi connectivity index (χ4n) is 5.41. The van der Waals surface area contributed by atoms with Crippen molar-refractivity contribution in [3.05, 3.63) is 70.9 Å². The minimum Gasteiger partial charge on any atom is -0.352 e. The number of hydrogen-bond donors (Lipinski definition) is 1. The lowest BCUT2D eigenvalue weighted by atomic mass is 9.95. The molecule has 1 aliphatic heterocycles. The van der Waals surface area contributed by atoms with E-state index in [1.807, 2.05) is 36.4 Å². The van der Waals surface area contributed by atoms with Gasteiger partial charge in [0.1, 0.15) is 6.54 Å². The third-order valence-corrected chi connectivity index (χ3v) is 7.06. The summed E-state index contributed by atoms with van der Waals surface area (Å²) in [6.45, 7) is 2.18. The standard InChI is InChI=1S/C26H29N3O2/c1-17-24(21-14-8-9-15-22(21)28(17)2)25-19-12-6-7-13-20(19)26(31)29(25)16-23(30)27-18-10-4-3-5-11-18/h6-9,12-15,18,25H,3-5,10-11,16H2,1-2H3,(H,27,30). The first kappa shape index (κ1) is 19.9.